The molecule has 1 heterocycles. The third-order valence-electron chi connectivity index (χ3n) is 4.00. The summed E-state index contributed by atoms with van der Waals surface area (Å²) in [4.78, 5) is 2.06. The predicted octanol–water partition coefficient (Wildman–Crippen LogP) is 2.09. The third-order valence-corrected chi connectivity index (χ3v) is 4.00. The molecule has 0 aromatic heterocycles. The Labute approximate surface area is 117 Å². The Kier molecular flexibility index (Phi) is 4.73. The molecule has 2 N–H and O–H groups in total. The molecule has 1 aliphatic heterocycles. The maximum Gasteiger partial charge on any atom is 0.159 e. The highest BCUT2D eigenvalue weighted by Crippen LogP contribution is 2.30. The van der Waals surface area contributed by atoms with Crippen LogP contribution in [0, 0.1) is 17.0 Å². The summed E-state index contributed by atoms with van der Waals surface area (Å²) in [5, 5.41) is 19.5. The Morgan fingerprint density at radius 2 is 2.10 bits per heavy atom. The van der Waals surface area contributed by atoms with Gasteiger partial charge in [-0.05, 0) is 37.1 Å². The van der Waals surface area contributed by atoms with Gasteiger partial charge < -0.3 is 10.2 Å². The molecule has 0 aliphatic carbocycles. The highest BCUT2D eigenvalue weighted by Gasteiger charge is 2.31. The number of hydrogen-bond donors (Lipinski definition) is 2. The molecule has 1 aromatic carbocycles. The summed E-state index contributed by atoms with van der Waals surface area (Å²) in [7, 11) is 0. The quantitative estimate of drug-likeness (QED) is 0.890. The first-order valence-electron chi connectivity index (χ1n) is 6.90. The third kappa shape index (κ3) is 3.53. The first-order chi connectivity index (χ1) is 9.43. The van der Waals surface area contributed by atoms with Gasteiger partial charge in [-0.3, -0.25) is 4.90 Å². The average Bonchev–Trinajstić information content (AvgIpc) is 2.42. The van der Waals surface area contributed by atoms with E-state index in [4.69, 9.17) is 0 Å². The van der Waals surface area contributed by atoms with E-state index in [0.29, 0.717) is 18.7 Å². The van der Waals surface area contributed by atoms with Crippen LogP contribution in [0.3, 0.4) is 0 Å². The minimum Gasteiger partial charge on any atom is -0.396 e. The number of halogens is 2. The standard InChI is InChI=1S/C15H21F2NO2/c1-15(10-19)5-2-6-18(9-15)8-14(20)11-3-4-12(16)13(17)7-11/h3-4,7,14,19-20H,2,5-6,8-10H2,1H3. The largest absolute Gasteiger partial charge is 0.396 e. The van der Waals surface area contributed by atoms with Gasteiger partial charge in [-0.25, -0.2) is 8.78 Å². The number of β-amino-alcohol motifs (C(OH)–C–C–N with tert-alkyl or cyclic N) is 1. The van der Waals surface area contributed by atoms with Crippen LogP contribution in [0.1, 0.15) is 31.4 Å². The molecule has 1 aliphatic rings. The summed E-state index contributed by atoms with van der Waals surface area (Å²) in [6, 6.07) is 3.47. The summed E-state index contributed by atoms with van der Waals surface area (Å²) in [5.74, 6) is -1.85. The zero-order valence-corrected chi connectivity index (χ0v) is 11.6. The zero-order valence-electron chi connectivity index (χ0n) is 11.6. The van der Waals surface area contributed by atoms with Crippen LogP contribution in [0.25, 0.3) is 0 Å². The zero-order chi connectivity index (χ0) is 14.8. The first kappa shape index (κ1) is 15.4. The first-order valence-corrected chi connectivity index (χ1v) is 6.90. The lowest BCUT2D eigenvalue weighted by Crippen LogP contribution is -2.45. The molecular weight excluding hydrogens is 264 g/mol. The van der Waals surface area contributed by atoms with E-state index >= 15 is 0 Å². The second kappa shape index (κ2) is 6.16. The molecule has 5 heteroatoms. The predicted molar refractivity (Wildman–Crippen MR) is 72.2 cm³/mol. The summed E-state index contributed by atoms with van der Waals surface area (Å²) in [5.41, 5.74) is 0.228. The van der Waals surface area contributed by atoms with Gasteiger partial charge in [-0.2, -0.15) is 0 Å². The molecular formula is C15H21F2NO2. The lowest BCUT2D eigenvalue weighted by Gasteiger charge is -2.40. The van der Waals surface area contributed by atoms with Crippen molar-refractivity contribution in [3.05, 3.63) is 35.4 Å². The summed E-state index contributed by atoms with van der Waals surface area (Å²) >= 11 is 0. The van der Waals surface area contributed by atoms with E-state index in [1.807, 2.05) is 6.92 Å². The summed E-state index contributed by atoms with van der Waals surface area (Å²) in [6.07, 6.45) is 1.06. The molecule has 0 saturated carbocycles. The lowest BCUT2D eigenvalue weighted by atomic mass is 9.82. The SMILES string of the molecule is CC1(CO)CCCN(CC(O)c2ccc(F)c(F)c2)C1. The number of nitrogens with zero attached hydrogens (tertiary/aromatic N) is 1. The number of aliphatic hydroxyl groups is 2. The van der Waals surface area contributed by atoms with Crippen LogP contribution in [0.4, 0.5) is 8.78 Å². The van der Waals surface area contributed by atoms with Gasteiger partial charge in [0.15, 0.2) is 11.6 Å². The molecule has 1 fully saturated rings. The van der Waals surface area contributed by atoms with Crippen molar-refractivity contribution in [3.8, 4) is 0 Å². The maximum atomic E-state index is 13.2. The van der Waals surface area contributed by atoms with Crippen molar-refractivity contribution < 1.29 is 19.0 Å². The molecule has 0 bridgehead atoms. The second-order valence-electron chi connectivity index (χ2n) is 6.00. The molecule has 0 amide bonds. The van der Waals surface area contributed by atoms with Crippen molar-refractivity contribution in [1.29, 1.82) is 0 Å². The van der Waals surface area contributed by atoms with E-state index in [0.717, 1.165) is 31.5 Å². The van der Waals surface area contributed by atoms with Crippen molar-refractivity contribution in [1.82, 2.24) is 4.90 Å². The van der Waals surface area contributed by atoms with Gasteiger partial charge >= 0.3 is 0 Å². The Morgan fingerprint density at radius 3 is 2.75 bits per heavy atom. The van der Waals surface area contributed by atoms with Crippen LogP contribution in [0.15, 0.2) is 18.2 Å². The van der Waals surface area contributed by atoms with Crippen LogP contribution in [0.2, 0.25) is 0 Å². The van der Waals surface area contributed by atoms with Gasteiger partial charge in [0.1, 0.15) is 0 Å². The fraction of sp³-hybridized carbons (Fsp3) is 0.600. The number of rotatable bonds is 4. The van der Waals surface area contributed by atoms with Crippen molar-refractivity contribution in [2.24, 2.45) is 5.41 Å². The molecule has 112 valence electrons. The maximum absolute atomic E-state index is 13.2. The van der Waals surface area contributed by atoms with E-state index in [1.165, 1.54) is 6.07 Å². The minimum atomic E-state index is -0.944. The number of aliphatic hydroxyl groups excluding tert-OH is 2. The number of piperidine rings is 1. The van der Waals surface area contributed by atoms with Crippen LogP contribution in [-0.2, 0) is 0 Å². The number of hydrogen-bond acceptors (Lipinski definition) is 3. The number of likely N-dealkylation sites (tertiary alicyclic amines) is 1. The van der Waals surface area contributed by atoms with Crippen LogP contribution in [-0.4, -0.2) is 41.4 Å². The highest BCUT2D eigenvalue weighted by atomic mass is 19.2. The molecule has 20 heavy (non-hydrogen) atoms. The monoisotopic (exact) mass is 285 g/mol. The van der Waals surface area contributed by atoms with Crippen molar-refractivity contribution in [3.63, 3.8) is 0 Å². The van der Waals surface area contributed by atoms with Crippen molar-refractivity contribution >= 4 is 0 Å². The van der Waals surface area contributed by atoms with E-state index in [-0.39, 0.29) is 12.0 Å². The molecule has 2 atom stereocenters. The van der Waals surface area contributed by atoms with E-state index in [2.05, 4.69) is 4.90 Å². The van der Waals surface area contributed by atoms with Crippen molar-refractivity contribution in [2.75, 3.05) is 26.2 Å². The molecule has 0 spiro atoms. The van der Waals surface area contributed by atoms with Gasteiger partial charge in [0, 0.05) is 25.1 Å². The van der Waals surface area contributed by atoms with E-state index in [9.17, 15) is 19.0 Å². The molecule has 2 unspecified atom stereocenters. The molecule has 1 aromatic rings. The summed E-state index contributed by atoms with van der Waals surface area (Å²) < 4.78 is 26.0. The Bertz CT molecular complexity index is 469. The Morgan fingerprint density at radius 1 is 1.35 bits per heavy atom. The summed E-state index contributed by atoms with van der Waals surface area (Å²) in [6.45, 7) is 4.04. The van der Waals surface area contributed by atoms with Gasteiger partial charge in [0.25, 0.3) is 0 Å². The fourth-order valence-corrected chi connectivity index (χ4v) is 2.78. The van der Waals surface area contributed by atoms with Gasteiger partial charge in [-0.15, -0.1) is 0 Å². The van der Waals surface area contributed by atoms with Gasteiger partial charge in [0.2, 0.25) is 0 Å². The molecule has 1 saturated heterocycles. The molecule has 3 nitrogen and oxygen atoms in total. The van der Waals surface area contributed by atoms with Crippen LogP contribution in [0.5, 0.6) is 0 Å². The average molecular weight is 285 g/mol. The minimum absolute atomic E-state index is 0.116. The normalized spacial score (nSPS) is 25.6. The number of benzene rings is 1. The lowest BCUT2D eigenvalue weighted by molar-refractivity contribution is 0.0210. The second-order valence-corrected chi connectivity index (χ2v) is 6.00. The van der Waals surface area contributed by atoms with E-state index < -0.39 is 17.7 Å². The Balaban J connectivity index is 2.00. The Hall–Kier alpha value is -1.04. The fourth-order valence-electron chi connectivity index (χ4n) is 2.78. The molecule has 2 rings (SSSR count). The topological polar surface area (TPSA) is 43.7 Å². The highest BCUT2D eigenvalue weighted by molar-refractivity contribution is 5.20. The van der Waals surface area contributed by atoms with Gasteiger partial charge in [-0.1, -0.05) is 13.0 Å². The van der Waals surface area contributed by atoms with Gasteiger partial charge in [0.05, 0.1) is 6.10 Å². The van der Waals surface area contributed by atoms with E-state index in [1.54, 1.807) is 0 Å². The van der Waals surface area contributed by atoms with Crippen molar-refractivity contribution in [2.45, 2.75) is 25.9 Å². The van der Waals surface area contributed by atoms with Crippen LogP contribution < -0.4 is 0 Å². The molecule has 0 radical (unpaired) electrons. The van der Waals surface area contributed by atoms with Crippen LogP contribution >= 0.6 is 0 Å². The smallest absolute Gasteiger partial charge is 0.159 e.